The smallest absolute Gasteiger partial charge is 0.222 e. The summed E-state index contributed by atoms with van der Waals surface area (Å²) in [4.78, 5) is 16.5. The summed E-state index contributed by atoms with van der Waals surface area (Å²) in [5.74, 6) is 0.887. The van der Waals surface area contributed by atoms with Gasteiger partial charge >= 0.3 is 0 Å². The van der Waals surface area contributed by atoms with Crippen molar-refractivity contribution in [3.63, 3.8) is 0 Å². The Morgan fingerprint density at radius 1 is 1.20 bits per heavy atom. The number of carbonyl (C=O) groups is 1. The minimum atomic E-state index is -0.652. The van der Waals surface area contributed by atoms with E-state index in [2.05, 4.69) is 10.2 Å². The lowest BCUT2D eigenvalue weighted by atomic mass is 9.94. The Morgan fingerprint density at radius 2 is 1.80 bits per heavy atom. The van der Waals surface area contributed by atoms with Crippen LogP contribution in [0.2, 0.25) is 0 Å². The van der Waals surface area contributed by atoms with Crippen LogP contribution >= 0.6 is 0 Å². The maximum Gasteiger partial charge on any atom is 0.222 e. The number of hydrogen-bond acceptors (Lipinski definition) is 4. The summed E-state index contributed by atoms with van der Waals surface area (Å²) < 4.78 is 0. The van der Waals surface area contributed by atoms with Crippen LogP contribution in [0.4, 0.5) is 0 Å². The van der Waals surface area contributed by atoms with E-state index < -0.39 is 5.60 Å². The van der Waals surface area contributed by atoms with E-state index in [0.29, 0.717) is 24.8 Å². The number of hydrogen-bond donors (Lipinski definition) is 2. The number of carbonyl (C=O) groups excluding carboxylic acids is 1. The van der Waals surface area contributed by atoms with E-state index in [4.69, 9.17) is 0 Å². The van der Waals surface area contributed by atoms with Crippen molar-refractivity contribution in [3.8, 4) is 0 Å². The van der Waals surface area contributed by atoms with Gasteiger partial charge in [0.1, 0.15) is 0 Å². The number of piperidine rings is 1. The molecule has 2 heterocycles. The van der Waals surface area contributed by atoms with Crippen LogP contribution in [0, 0.1) is 5.92 Å². The number of piperazine rings is 1. The Labute approximate surface area is 122 Å². The van der Waals surface area contributed by atoms with Crippen molar-refractivity contribution in [2.75, 3.05) is 45.8 Å². The molecule has 0 radical (unpaired) electrons. The molecule has 2 saturated heterocycles. The largest absolute Gasteiger partial charge is 0.389 e. The van der Waals surface area contributed by atoms with Crippen LogP contribution in [-0.2, 0) is 4.79 Å². The van der Waals surface area contributed by atoms with Gasteiger partial charge in [-0.1, -0.05) is 0 Å². The van der Waals surface area contributed by atoms with Gasteiger partial charge in [-0.3, -0.25) is 9.69 Å². The summed E-state index contributed by atoms with van der Waals surface area (Å²) in [5.41, 5.74) is -0.652. The first kappa shape index (κ1) is 15.7. The fraction of sp³-hybridized carbons (Fsp3) is 0.933. The number of nitrogens with one attached hydrogen (secondary N) is 1. The molecular formula is C15H29N3O2. The molecule has 2 rings (SSSR count). The summed E-state index contributed by atoms with van der Waals surface area (Å²) in [6.07, 6.45) is 2.97. The van der Waals surface area contributed by atoms with E-state index >= 15 is 0 Å². The summed E-state index contributed by atoms with van der Waals surface area (Å²) in [6.45, 7) is 9.82. The molecule has 0 saturated carbocycles. The molecule has 0 aromatic rings. The minimum absolute atomic E-state index is 0.319. The highest BCUT2D eigenvalue weighted by Crippen LogP contribution is 2.18. The van der Waals surface area contributed by atoms with Crippen LogP contribution in [0.3, 0.4) is 0 Å². The van der Waals surface area contributed by atoms with Crippen molar-refractivity contribution in [2.45, 2.75) is 38.7 Å². The first-order valence-electron chi connectivity index (χ1n) is 7.87. The predicted octanol–water partition coefficient (Wildman–Crippen LogP) is 0.291. The molecule has 0 aromatic heterocycles. The Kier molecular flexibility index (Phi) is 5.41. The molecule has 0 bridgehead atoms. The third-order valence-electron chi connectivity index (χ3n) is 4.26. The van der Waals surface area contributed by atoms with E-state index in [1.165, 1.54) is 0 Å². The number of aliphatic hydroxyl groups is 1. The van der Waals surface area contributed by atoms with Crippen LogP contribution < -0.4 is 5.32 Å². The van der Waals surface area contributed by atoms with Gasteiger partial charge in [-0.25, -0.2) is 0 Å². The van der Waals surface area contributed by atoms with Gasteiger partial charge in [0.15, 0.2) is 0 Å². The molecule has 116 valence electrons. The average Bonchev–Trinajstić information content (AvgIpc) is 2.39. The van der Waals surface area contributed by atoms with Gasteiger partial charge in [0, 0.05) is 39.1 Å². The molecular weight excluding hydrogens is 254 g/mol. The Morgan fingerprint density at radius 3 is 2.35 bits per heavy atom. The van der Waals surface area contributed by atoms with Crippen molar-refractivity contribution in [1.29, 1.82) is 0 Å². The van der Waals surface area contributed by atoms with Gasteiger partial charge in [0.2, 0.25) is 5.91 Å². The highest BCUT2D eigenvalue weighted by atomic mass is 16.3. The molecule has 5 nitrogen and oxygen atoms in total. The molecule has 2 aliphatic rings. The van der Waals surface area contributed by atoms with Crippen LogP contribution in [0.15, 0.2) is 0 Å². The lowest BCUT2D eigenvalue weighted by Gasteiger charge is -2.38. The maximum absolute atomic E-state index is 12.3. The average molecular weight is 283 g/mol. The van der Waals surface area contributed by atoms with Crippen molar-refractivity contribution in [2.24, 2.45) is 5.92 Å². The van der Waals surface area contributed by atoms with Crippen molar-refractivity contribution in [1.82, 2.24) is 15.1 Å². The van der Waals surface area contributed by atoms with Crippen LogP contribution in [-0.4, -0.2) is 72.2 Å². The molecule has 1 amide bonds. The molecule has 2 aliphatic heterocycles. The second-order valence-electron chi connectivity index (χ2n) is 6.87. The summed E-state index contributed by atoms with van der Waals surface area (Å²) in [7, 11) is 0. The van der Waals surface area contributed by atoms with Crippen LogP contribution in [0.25, 0.3) is 0 Å². The minimum Gasteiger partial charge on any atom is -0.389 e. The fourth-order valence-electron chi connectivity index (χ4n) is 3.16. The summed E-state index contributed by atoms with van der Waals surface area (Å²) >= 11 is 0. The zero-order valence-corrected chi connectivity index (χ0v) is 12.9. The van der Waals surface area contributed by atoms with E-state index in [1.54, 1.807) is 0 Å². The molecule has 0 aromatic carbocycles. The number of rotatable bonds is 4. The van der Waals surface area contributed by atoms with Gasteiger partial charge < -0.3 is 15.3 Å². The molecule has 0 spiro atoms. The molecule has 0 atom stereocenters. The second kappa shape index (κ2) is 6.87. The van der Waals surface area contributed by atoms with Crippen molar-refractivity contribution in [3.05, 3.63) is 0 Å². The Hall–Kier alpha value is -0.650. The predicted molar refractivity (Wildman–Crippen MR) is 79.5 cm³/mol. The standard InChI is InChI=1S/C15H29N3O2/c1-15(2,20)12-17-7-9-18(10-8-17)14(19)11-13-3-5-16-6-4-13/h13,16,20H,3-12H2,1-2H3. The monoisotopic (exact) mass is 283 g/mol. The number of nitrogens with zero attached hydrogens (tertiary/aromatic N) is 2. The van der Waals surface area contributed by atoms with Gasteiger partial charge in [-0.05, 0) is 45.7 Å². The summed E-state index contributed by atoms with van der Waals surface area (Å²) in [6, 6.07) is 0. The normalized spacial score (nSPS) is 23.1. The Balaban J connectivity index is 1.71. The second-order valence-corrected chi connectivity index (χ2v) is 6.87. The van der Waals surface area contributed by atoms with Gasteiger partial charge in [0.25, 0.3) is 0 Å². The van der Waals surface area contributed by atoms with E-state index in [9.17, 15) is 9.90 Å². The maximum atomic E-state index is 12.3. The SMILES string of the molecule is CC(C)(O)CN1CCN(C(=O)CC2CCNCC2)CC1. The van der Waals surface area contributed by atoms with Crippen molar-refractivity contribution >= 4 is 5.91 Å². The molecule has 20 heavy (non-hydrogen) atoms. The summed E-state index contributed by atoms with van der Waals surface area (Å²) in [5, 5.41) is 13.2. The van der Waals surface area contributed by atoms with E-state index in [1.807, 2.05) is 18.7 Å². The molecule has 5 heteroatoms. The molecule has 2 N–H and O–H groups in total. The first-order valence-corrected chi connectivity index (χ1v) is 7.87. The van der Waals surface area contributed by atoms with E-state index in [-0.39, 0.29) is 0 Å². The number of β-amino-alcohol motifs (C(OH)–C–C–N with tert-alkyl or cyclic N) is 1. The molecule has 0 aliphatic carbocycles. The molecule has 2 fully saturated rings. The fourth-order valence-corrected chi connectivity index (χ4v) is 3.16. The lowest BCUT2D eigenvalue weighted by molar-refractivity contribution is -0.134. The van der Waals surface area contributed by atoms with Crippen molar-refractivity contribution < 1.29 is 9.90 Å². The van der Waals surface area contributed by atoms with Gasteiger partial charge in [-0.2, -0.15) is 0 Å². The molecule has 0 unspecified atom stereocenters. The Bertz CT molecular complexity index is 314. The van der Waals surface area contributed by atoms with E-state index in [0.717, 1.165) is 52.1 Å². The zero-order valence-electron chi connectivity index (χ0n) is 12.9. The highest BCUT2D eigenvalue weighted by Gasteiger charge is 2.26. The van der Waals surface area contributed by atoms with Gasteiger partial charge in [0.05, 0.1) is 5.60 Å². The quantitative estimate of drug-likeness (QED) is 0.779. The highest BCUT2D eigenvalue weighted by molar-refractivity contribution is 5.76. The first-order chi connectivity index (χ1) is 9.44. The topological polar surface area (TPSA) is 55.8 Å². The number of amides is 1. The third-order valence-corrected chi connectivity index (χ3v) is 4.26. The van der Waals surface area contributed by atoms with Crippen LogP contribution in [0.5, 0.6) is 0 Å². The van der Waals surface area contributed by atoms with Crippen LogP contribution in [0.1, 0.15) is 33.1 Å². The zero-order chi connectivity index (χ0) is 14.6. The third kappa shape index (κ3) is 5.04. The van der Waals surface area contributed by atoms with Gasteiger partial charge in [-0.15, -0.1) is 0 Å². The lowest BCUT2D eigenvalue weighted by Crippen LogP contribution is -2.52.